The van der Waals surface area contributed by atoms with Crippen LogP contribution < -0.4 is 10.6 Å². The molecule has 1 aliphatic rings. The molecule has 1 fully saturated rings. The molecule has 2 aromatic carbocycles. The fraction of sp³-hybridized carbons (Fsp3) is 0.324. The molecule has 8 heteroatoms. The molecular weight excluding hydrogens is 540 g/mol. The molecule has 216 valence electrons. The van der Waals surface area contributed by atoms with Gasteiger partial charge in [-0.25, -0.2) is 4.79 Å². The highest BCUT2D eigenvalue weighted by atomic mass is 32.2. The second kappa shape index (κ2) is 11.7. The van der Waals surface area contributed by atoms with Crippen LogP contribution in [0.3, 0.4) is 0 Å². The quantitative estimate of drug-likeness (QED) is 0.211. The Morgan fingerprint density at radius 1 is 0.857 bits per heavy atom. The third-order valence-electron chi connectivity index (χ3n) is 7.96. The first-order chi connectivity index (χ1) is 20.2. The number of pyridine rings is 1. The first kappa shape index (κ1) is 28.1. The maximum atomic E-state index is 13.1. The summed E-state index contributed by atoms with van der Waals surface area (Å²) >= 11 is 1.69. The average molecular weight is 579 g/mol. The first-order valence-electron chi connectivity index (χ1n) is 14.7. The summed E-state index contributed by atoms with van der Waals surface area (Å²) in [6, 6.07) is 22.1. The Hall–Kier alpha value is -4.04. The summed E-state index contributed by atoms with van der Waals surface area (Å²) in [5.41, 5.74) is 4.92. The van der Waals surface area contributed by atoms with Crippen molar-refractivity contribution < 1.29 is 4.79 Å². The lowest BCUT2D eigenvalue weighted by atomic mass is 9.89. The van der Waals surface area contributed by atoms with E-state index in [1.807, 2.05) is 41.0 Å². The minimum atomic E-state index is -0.282. The number of benzene rings is 2. The molecule has 3 heterocycles. The maximum Gasteiger partial charge on any atom is 0.324 e. The van der Waals surface area contributed by atoms with E-state index in [4.69, 9.17) is 0 Å². The fourth-order valence-corrected chi connectivity index (χ4v) is 6.34. The smallest absolute Gasteiger partial charge is 0.308 e. The Morgan fingerprint density at radius 3 is 2.29 bits per heavy atom. The van der Waals surface area contributed by atoms with Crippen LogP contribution in [0.5, 0.6) is 0 Å². The van der Waals surface area contributed by atoms with E-state index in [0.717, 1.165) is 44.0 Å². The van der Waals surface area contributed by atoms with Gasteiger partial charge in [0.2, 0.25) is 0 Å². The van der Waals surface area contributed by atoms with Gasteiger partial charge in [0.1, 0.15) is 11.6 Å². The van der Waals surface area contributed by atoms with Crippen LogP contribution in [0.2, 0.25) is 0 Å². The van der Waals surface area contributed by atoms with Crippen molar-refractivity contribution >= 4 is 34.9 Å². The van der Waals surface area contributed by atoms with Crippen molar-refractivity contribution in [3.05, 3.63) is 96.1 Å². The van der Waals surface area contributed by atoms with E-state index in [0.29, 0.717) is 5.92 Å². The summed E-state index contributed by atoms with van der Waals surface area (Å²) in [6.45, 7) is 8.59. The molecule has 6 rings (SSSR count). The average Bonchev–Trinajstić information content (AvgIpc) is 3.59. The number of aromatic nitrogens is 4. The van der Waals surface area contributed by atoms with Gasteiger partial charge < -0.3 is 9.88 Å². The molecular formula is C34H38N6OS. The largest absolute Gasteiger partial charge is 0.324 e. The number of aryl methyl sites for hydroxylation is 1. The van der Waals surface area contributed by atoms with Gasteiger partial charge in [-0.15, -0.1) is 10.2 Å². The second-order valence-electron chi connectivity index (χ2n) is 12.3. The molecule has 1 saturated carbocycles. The van der Waals surface area contributed by atoms with Crippen molar-refractivity contribution in [2.75, 3.05) is 10.6 Å². The lowest BCUT2D eigenvalue weighted by Gasteiger charge is -2.19. The summed E-state index contributed by atoms with van der Waals surface area (Å²) < 4.78 is 4.20. The molecule has 2 amide bonds. The Kier molecular flexibility index (Phi) is 7.82. The molecule has 0 saturated heterocycles. The zero-order valence-electron chi connectivity index (χ0n) is 24.7. The number of hydrogen-bond acceptors (Lipinski definition) is 4. The van der Waals surface area contributed by atoms with E-state index in [1.54, 1.807) is 11.8 Å². The van der Waals surface area contributed by atoms with Crippen molar-refractivity contribution in [3.8, 4) is 5.69 Å². The minimum Gasteiger partial charge on any atom is -0.308 e. The van der Waals surface area contributed by atoms with Crippen molar-refractivity contribution in [1.29, 1.82) is 0 Å². The molecule has 1 aliphatic carbocycles. The van der Waals surface area contributed by atoms with Gasteiger partial charge in [-0.05, 0) is 85.3 Å². The van der Waals surface area contributed by atoms with Crippen molar-refractivity contribution in [2.45, 2.75) is 80.9 Å². The Balaban J connectivity index is 1.14. The predicted octanol–water partition coefficient (Wildman–Crippen LogP) is 8.97. The molecule has 0 unspecified atom stereocenters. The number of anilines is 2. The first-order valence-corrected chi connectivity index (χ1v) is 15.6. The van der Waals surface area contributed by atoms with E-state index < -0.39 is 0 Å². The maximum absolute atomic E-state index is 13.1. The molecule has 5 aromatic rings. The van der Waals surface area contributed by atoms with E-state index in [1.165, 1.54) is 37.7 Å². The summed E-state index contributed by atoms with van der Waals surface area (Å²) in [4.78, 5) is 15.3. The Bertz CT molecular complexity index is 1690. The molecule has 0 radical (unpaired) electrons. The number of carbonyl (C=O) groups excluding carboxylic acids is 1. The van der Waals surface area contributed by atoms with Crippen LogP contribution in [-0.4, -0.2) is 25.2 Å². The highest BCUT2D eigenvalue weighted by Crippen LogP contribution is 2.34. The van der Waals surface area contributed by atoms with Crippen LogP contribution in [0, 0.1) is 6.92 Å². The van der Waals surface area contributed by atoms with Crippen LogP contribution in [0.15, 0.2) is 88.9 Å². The lowest BCUT2D eigenvalue weighted by molar-refractivity contribution is 0.262. The van der Waals surface area contributed by atoms with Gasteiger partial charge in [-0.2, -0.15) is 0 Å². The SMILES string of the molecule is Cc1ccc(-n2cc(C(C)(C)C)cc2NC(=O)Nc2ccc(Sc3ccc4nnc(C5CCCCC5)n4c3)cc2)cc1. The highest BCUT2D eigenvalue weighted by molar-refractivity contribution is 7.99. The van der Waals surface area contributed by atoms with Crippen LogP contribution in [0.25, 0.3) is 11.3 Å². The zero-order valence-corrected chi connectivity index (χ0v) is 25.5. The number of rotatable bonds is 6. The van der Waals surface area contributed by atoms with Gasteiger partial charge in [0, 0.05) is 39.5 Å². The fourth-order valence-electron chi connectivity index (χ4n) is 5.50. The van der Waals surface area contributed by atoms with Crippen LogP contribution in [0.1, 0.15) is 75.7 Å². The number of nitrogens with one attached hydrogen (secondary N) is 2. The van der Waals surface area contributed by atoms with Gasteiger partial charge in [-0.3, -0.25) is 9.72 Å². The van der Waals surface area contributed by atoms with Crippen LogP contribution >= 0.6 is 11.8 Å². The number of hydrogen-bond donors (Lipinski definition) is 2. The molecule has 2 N–H and O–H groups in total. The number of amides is 2. The monoisotopic (exact) mass is 578 g/mol. The van der Waals surface area contributed by atoms with E-state index >= 15 is 0 Å². The van der Waals surface area contributed by atoms with Crippen molar-refractivity contribution in [1.82, 2.24) is 19.2 Å². The summed E-state index contributed by atoms with van der Waals surface area (Å²) in [5.74, 6) is 2.30. The molecule has 0 aliphatic heterocycles. The Morgan fingerprint density at radius 2 is 1.57 bits per heavy atom. The Labute approximate surface area is 251 Å². The molecule has 0 spiro atoms. The molecule has 0 bridgehead atoms. The normalized spacial score (nSPS) is 14.3. The molecule has 7 nitrogen and oxygen atoms in total. The molecule has 0 atom stereocenters. The van der Waals surface area contributed by atoms with Gasteiger partial charge >= 0.3 is 6.03 Å². The van der Waals surface area contributed by atoms with E-state index in [-0.39, 0.29) is 11.4 Å². The van der Waals surface area contributed by atoms with Gasteiger partial charge in [0.05, 0.1) is 0 Å². The number of fused-ring (bicyclic) bond motifs is 1. The minimum absolute atomic E-state index is 0.0489. The summed E-state index contributed by atoms with van der Waals surface area (Å²) in [6.07, 6.45) is 10.5. The molecule has 3 aromatic heterocycles. The number of nitrogens with zero attached hydrogens (tertiary/aromatic N) is 4. The summed E-state index contributed by atoms with van der Waals surface area (Å²) in [7, 11) is 0. The van der Waals surface area contributed by atoms with Crippen molar-refractivity contribution in [3.63, 3.8) is 0 Å². The van der Waals surface area contributed by atoms with E-state index in [2.05, 4.69) is 95.7 Å². The van der Waals surface area contributed by atoms with Gasteiger partial charge in [0.15, 0.2) is 5.65 Å². The van der Waals surface area contributed by atoms with E-state index in [9.17, 15) is 4.79 Å². The zero-order chi connectivity index (χ0) is 29.3. The standard InChI is InChI=1S/C34H38N6OS/c1-23-10-14-27(15-11-23)39-21-25(34(2,3)4)20-31(39)36-33(41)35-26-12-16-28(17-13-26)42-29-18-19-30-37-38-32(40(30)22-29)24-8-6-5-7-9-24/h10-22,24H,5-9H2,1-4H3,(H2,35,36,41). The third-order valence-corrected chi connectivity index (χ3v) is 8.94. The summed E-state index contributed by atoms with van der Waals surface area (Å²) in [5, 5.41) is 15.0. The topological polar surface area (TPSA) is 76.2 Å². The number of urea groups is 1. The predicted molar refractivity (Wildman–Crippen MR) is 171 cm³/mol. The third kappa shape index (κ3) is 6.23. The van der Waals surface area contributed by atoms with Gasteiger partial charge in [0.25, 0.3) is 0 Å². The van der Waals surface area contributed by atoms with Crippen molar-refractivity contribution in [2.24, 2.45) is 0 Å². The lowest BCUT2D eigenvalue weighted by Crippen LogP contribution is -2.21. The highest BCUT2D eigenvalue weighted by Gasteiger charge is 2.22. The second-order valence-corrected chi connectivity index (χ2v) is 13.4. The van der Waals surface area contributed by atoms with Gasteiger partial charge in [-0.1, -0.05) is 69.5 Å². The number of carbonyl (C=O) groups is 1. The van der Waals surface area contributed by atoms with Crippen LogP contribution in [0.4, 0.5) is 16.3 Å². The molecule has 42 heavy (non-hydrogen) atoms. The van der Waals surface area contributed by atoms with Crippen LogP contribution in [-0.2, 0) is 5.41 Å².